The fraction of sp³-hybridized carbons (Fsp3) is 0.368. The molecule has 152 valence electrons. The maximum absolute atomic E-state index is 12.8. The summed E-state index contributed by atoms with van der Waals surface area (Å²) in [5.41, 5.74) is 8.44. The lowest BCUT2D eigenvalue weighted by atomic mass is 9.93. The first kappa shape index (κ1) is 23.8. The summed E-state index contributed by atoms with van der Waals surface area (Å²) in [5.74, 6) is -0.155. The van der Waals surface area contributed by atoms with E-state index in [2.05, 4.69) is 15.3 Å². The third kappa shape index (κ3) is 4.79. The summed E-state index contributed by atoms with van der Waals surface area (Å²) in [6.45, 7) is 6.97. The lowest BCUT2D eigenvalue weighted by Crippen LogP contribution is -2.40. The van der Waals surface area contributed by atoms with Gasteiger partial charge in [0, 0.05) is 25.2 Å². The zero-order chi connectivity index (χ0) is 18.9. The molecule has 0 saturated heterocycles. The van der Waals surface area contributed by atoms with Gasteiger partial charge in [0.25, 0.3) is 5.91 Å². The number of carbonyl (C=O) groups is 1. The highest BCUT2D eigenvalue weighted by atomic mass is 35.5. The molecule has 9 heteroatoms. The third-order valence-electron chi connectivity index (χ3n) is 4.49. The number of hydrogen-bond donors (Lipinski definition) is 1. The van der Waals surface area contributed by atoms with Crippen molar-refractivity contribution < 1.29 is 4.79 Å². The van der Waals surface area contributed by atoms with Crippen molar-refractivity contribution >= 4 is 41.6 Å². The van der Waals surface area contributed by atoms with Crippen LogP contribution in [-0.2, 0) is 0 Å². The first-order valence-corrected chi connectivity index (χ1v) is 8.55. The number of amides is 1. The van der Waals surface area contributed by atoms with Crippen molar-refractivity contribution in [1.29, 1.82) is 0 Å². The predicted octanol–water partition coefficient (Wildman–Crippen LogP) is 3.02. The van der Waals surface area contributed by atoms with Gasteiger partial charge in [-0.15, -0.1) is 29.9 Å². The van der Waals surface area contributed by atoms with Crippen LogP contribution in [0.5, 0.6) is 0 Å². The highest BCUT2D eigenvalue weighted by Gasteiger charge is 2.25. The molecular weight excluding hydrogens is 399 g/mol. The number of rotatable bonds is 5. The van der Waals surface area contributed by atoms with Crippen molar-refractivity contribution in [2.24, 2.45) is 11.1 Å². The van der Waals surface area contributed by atoms with Gasteiger partial charge in [0.1, 0.15) is 0 Å². The number of benzene rings is 1. The second kappa shape index (κ2) is 9.32. The summed E-state index contributed by atoms with van der Waals surface area (Å²) < 4.78 is 1.68. The van der Waals surface area contributed by atoms with E-state index < -0.39 is 0 Å². The van der Waals surface area contributed by atoms with Gasteiger partial charge in [0.2, 0.25) is 0 Å². The smallest absolute Gasteiger partial charge is 0.276 e. The Bertz CT molecular complexity index is 957. The standard InChI is InChI=1S/C19H24N6O.2ClH/c1-13-17(18(26)24(4)12-19(2,3)11-20)22-23-25(13)15-7-8-16-14(10-15)6-5-9-21-16;;/h5-10H,11-12,20H2,1-4H3;2*1H. The van der Waals surface area contributed by atoms with E-state index in [0.717, 1.165) is 16.6 Å². The van der Waals surface area contributed by atoms with E-state index in [1.165, 1.54) is 0 Å². The second-order valence-electron chi connectivity index (χ2n) is 7.35. The Kier molecular flexibility index (Phi) is 7.93. The number of hydrogen-bond acceptors (Lipinski definition) is 5. The van der Waals surface area contributed by atoms with Crippen molar-refractivity contribution in [2.75, 3.05) is 20.1 Å². The minimum atomic E-state index is -0.155. The van der Waals surface area contributed by atoms with E-state index in [0.29, 0.717) is 24.5 Å². The molecule has 3 rings (SSSR count). The van der Waals surface area contributed by atoms with Crippen LogP contribution in [0.25, 0.3) is 16.6 Å². The molecule has 1 aromatic carbocycles. The Labute approximate surface area is 177 Å². The highest BCUT2D eigenvalue weighted by molar-refractivity contribution is 5.93. The summed E-state index contributed by atoms with van der Waals surface area (Å²) in [6, 6.07) is 9.73. The Balaban J connectivity index is 0.00000196. The number of halogens is 2. The summed E-state index contributed by atoms with van der Waals surface area (Å²) in [6.07, 6.45) is 1.76. The average molecular weight is 425 g/mol. The first-order chi connectivity index (χ1) is 12.3. The number of fused-ring (bicyclic) bond motifs is 1. The molecule has 0 atom stereocenters. The molecule has 3 aromatic rings. The topological polar surface area (TPSA) is 89.9 Å². The van der Waals surface area contributed by atoms with Crippen LogP contribution in [-0.4, -0.2) is 50.9 Å². The number of carbonyl (C=O) groups excluding carboxylic acids is 1. The predicted molar refractivity (Wildman–Crippen MR) is 116 cm³/mol. The molecule has 2 heterocycles. The molecular formula is C19H26Cl2N6O. The summed E-state index contributed by atoms with van der Waals surface area (Å²) in [5, 5.41) is 9.32. The van der Waals surface area contributed by atoms with Crippen LogP contribution in [0.1, 0.15) is 30.0 Å². The zero-order valence-corrected chi connectivity index (χ0v) is 18.0. The minimum absolute atomic E-state index is 0. The fourth-order valence-electron chi connectivity index (χ4n) is 2.93. The van der Waals surface area contributed by atoms with Crippen molar-refractivity contribution in [1.82, 2.24) is 24.9 Å². The lowest BCUT2D eigenvalue weighted by molar-refractivity contribution is 0.0734. The van der Waals surface area contributed by atoms with Crippen LogP contribution in [0, 0.1) is 12.3 Å². The first-order valence-electron chi connectivity index (χ1n) is 8.55. The van der Waals surface area contributed by atoms with Gasteiger partial charge in [-0.3, -0.25) is 9.78 Å². The van der Waals surface area contributed by atoms with E-state index >= 15 is 0 Å². The van der Waals surface area contributed by atoms with Crippen LogP contribution in [0.2, 0.25) is 0 Å². The average Bonchev–Trinajstić information content (AvgIpc) is 3.01. The lowest BCUT2D eigenvalue weighted by Gasteiger charge is -2.28. The van der Waals surface area contributed by atoms with Crippen LogP contribution < -0.4 is 5.73 Å². The Morgan fingerprint density at radius 3 is 2.64 bits per heavy atom. The number of aromatic nitrogens is 4. The second-order valence-corrected chi connectivity index (χ2v) is 7.35. The minimum Gasteiger partial charge on any atom is -0.340 e. The zero-order valence-electron chi connectivity index (χ0n) is 16.4. The van der Waals surface area contributed by atoms with E-state index in [4.69, 9.17) is 5.73 Å². The highest BCUT2D eigenvalue weighted by Crippen LogP contribution is 2.20. The third-order valence-corrected chi connectivity index (χ3v) is 4.49. The quantitative estimate of drug-likeness (QED) is 0.679. The summed E-state index contributed by atoms with van der Waals surface area (Å²) >= 11 is 0. The van der Waals surface area contributed by atoms with Gasteiger partial charge in [0.05, 0.1) is 16.9 Å². The molecule has 0 aliphatic heterocycles. The van der Waals surface area contributed by atoms with E-state index in [-0.39, 0.29) is 36.1 Å². The Hall–Kier alpha value is -2.22. The SMILES string of the molecule is Cc1c(C(=O)N(C)CC(C)(C)CN)nnn1-c1ccc2ncccc2c1.Cl.Cl. The molecule has 1 amide bonds. The molecule has 0 unspecified atom stereocenters. The largest absolute Gasteiger partial charge is 0.340 e. The molecule has 2 aromatic heterocycles. The molecule has 0 aliphatic rings. The molecule has 7 nitrogen and oxygen atoms in total. The van der Waals surface area contributed by atoms with Crippen LogP contribution in [0.15, 0.2) is 36.5 Å². The Morgan fingerprint density at radius 1 is 1.25 bits per heavy atom. The van der Waals surface area contributed by atoms with E-state index in [1.54, 1.807) is 22.8 Å². The molecule has 0 bridgehead atoms. The molecule has 0 radical (unpaired) electrons. The van der Waals surface area contributed by atoms with Crippen LogP contribution in [0.4, 0.5) is 0 Å². The molecule has 0 saturated carbocycles. The van der Waals surface area contributed by atoms with Gasteiger partial charge < -0.3 is 10.6 Å². The van der Waals surface area contributed by atoms with Crippen molar-refractivity contribution in [3.05, 3.63) is 47.9 Å². The molecule has 0 aliphatic carbocycles. The normalized spacial score (nSPS) is 10.9. The molecule has 0 fully saturated rings. The summed E-state index contributed by atoms with van der Waals surface area (Å²) in [4.78, 5) is 18.7. The number of nitrogens with two attached hydrogens (primary N) is 1. The number of nitrogens with zero attached hydrogens (tertiary/aromatic N) is 5. The van der Waals surface area contributed by atoms with Crippen LogP contribution in [0.3, 0.4) is 0 Å². The molecule has 2 N–H and O–H groups in total. The fourth-order valence-corrected chi connectivity index (χ4v) is 2.93. The van der Waals surface area contributed by atoms with Gasteiger partial charge in [-0.25, -0.2) is 4.68 Å². The van der Waals surface area contributed by atoms with Crippen molar-refractivity contribution in [3.8, 4) is 5.69 Å². The van der Waals surface area contributed by atoms with Crippen molar-refractivity contribution in [3.63, 3.8) is 0 Å². The van der Waals surface area contributed by atoms with E-state index in [1.807, 2.05) is 51.1 Å². The van der Waals surface area contributed by atoms with Gasteiger partial charge >= 0.3 is 0 Å². The van der Waals surface area contributed by atoms with Gasteiger partial charge in [-0.05, 0) is 43.1 Å². The molecule has 0 spiro atoms. The van der Waals surface area contributed by atoms with Crippen LogP contribution >= 0.6 is 24.8 Å². The number of pyridine rings is 1. The van der Waals surface area contributed by atoms with E-state index in [9.17, 15) is 4.79 Å². The maximum Gasteiger partial charge on any atom is 0.276 e. The van der Waals surface area contributed by atoms with Gasteiger partial charge in [-0.2, -0.15) is 0 Å². The summed E-state index contributed by atoms with van der Waals surface area (Å²) in [7, 11) is 1.76. The molecule has 28 heavy (non-hydrogen) atoms. The maximum atomic E-state index is 12.8. The van der Waals surface area contributed by atoms with Crippen molar-refractivity contribution in [2.45, 2.75) is 20.8 Å². The monoisotopic (exact) mass is 424 g/mol. The Morgan fingerprint density at radius 2 is 1.96 bits per heavy atom. The van der Waals surface area contributed by atoms with Gasteiger partial charge in [0.15, 0.2) is 5.69 Å². The van der Waals surface area contributed by atoms with Gasteiger partial charge in [-0.1, -0.05) is 25.1 Å².